The summed E-state index contributed by atoms with van der Waals surface area (Å²) >= 11 is 4.38. The van der Waals surface area contributed by atoms with E-state index >= 15 is 0 Å². The average Bonchev–Trinajstić information content (AvgIpc) is 2.37. The third-order valence-electron chi connectivity index (χ3n) is 2.68. The van der Waals surface area contributed by atoms with Crippen molar-refractivity contribution < 1.29 is 10.2 Å². The summed E-state index contributed by atoms with van der Waals surface area (Å²) in [6.07, 6.45) is -1.81. The van der Waals surface area contributed by atoms with Gasteiger partial charge in [-0.25, -0.2) is 0 Å². The summed E-state index contributed by atoms with van der Waals surface area (Å²) in [7, 11) is 0. The molecule has 0 aliphatic rings. The van der Waals surface area contributed by atoms with E-state index < -0.39 is 12.2 Å². The Bertz CT molecular complexity index is 493. The van der Waals surface area contributed by atoms with Gasteiger partial charge in [-0.2, -0.15) is 0 Å². The molecule has 0 heterocycles. The van der Waals surface area contributed by atoms with Gasteiger partial charge in [-0.3, -0.25) is 0 Å². The summed E-state index contributed by atoms with van der Waals surface area (Å²) in [5.74, 6) is 0. The fraction of sp³-hybridized carbons (Fsp3) is 0.143. The summed E-state index contributed by atoms with van der Waals surface area (Å²) in [6, 6.07) is 15.1. The molecule has 0 bridgehead atoms. The fourth-order valence-corrected chi connectivity index (χ4v) is 2.88. The van der Waals surface area contributed by atoms with Gasteiger partial charge >= 0.3 is 0 Å². The second-order valence-electron chi connectivity index (χ2n) is 4.00. The van der Waals surface area contributed by atoms with Gasteiger partial charge in [-0.1, -0.05) is 24.3 Å². The quantitative estimate of drug-likeness (QED) is 0.679. The van der Waals surface area contributed by atoms with Crippen LogP contribution in [-0.4, -0.2) is 10.2 Å². The predicted molar refractivity (Wildman–Crippen MR) is 88.2 cm³/mol. The Kier molecular flexibility index (Phi) is 4.99. The van der Waals surface area contributed by atoms with Crippen molar-refractivity contribution in [2.24, 2.45) is 0 Å². The zero-order valence-electron chi connectivity index (χ0n) is 9.42. The second kappa shape index (κ2) is 6.31. The van der Waals surface area contributed by atoms with Gasteiger partial charge in [-0.05, 0) is 80.6 Å². The third-order valence-corrected chi connectivity index (χ3v) is 4.02. The molecule has 2 N–H and O–H groups in total. The lowest BCUT2D eigenvalue weighted by Gasteiger charge is -2.19. The molecule has 0 aliphatic heterocycles. The largest absolute Gasteiger partial charge is 0.385 e. The number of rotatable bonds is 3. The molecule has 0 aliphatic carbocycles. The Labute approximate surface area is 133 Å². The molecule has 0 radical (unpaired) electrons. The summed E-state index contributed by atoms with van der Waals surface area (Å²) in [4.78, 5) is 0. The van der Waals surface area contributed by atoms with Crippen molar-refractivity contribution in [1.82, 2.24) is 0 Å². The van der Waals surface area contributed by atoms with Crippen molar-refractivity contribution in [1.29, 1.82) is 0 Å². The molecule has 0 amide bonds. The maximum atomic E-state index is 10.2. The Morgan fingerprint density at radius 1 is 0.722 bits per heavy atom. The zero-order valence-corrected chi connectivity index (χ0v) is 13.7. The molecule has 0 aromatic heterocycles. The lowest BCUT2D eigenvalue weighted by Crippen LogP contribution is -2.10. The molecule has 2 aromatic carbocycles. The normalized spacial score (nSPS) is 14.2. The molecule has 0 spiro atoms. The summed E-state index contributed by atoms with van der Waals surface area (Å²) in [5.41, 5.74) is 1.46. The first-order valence-electron chi connectivity index (χ1n) is 5.45. The summed E-state index contributed by atoms with van der Waals surface area (Å²) in [5, 5.41) is 20.4. The highest BCUT2D eigenvalue weighted by molar-refractivity contribution is 14.1. The van der Waals surface area contributed by atoms with Gasteiger partial charge in [0.25, 0.3) is 0 Å². The van der Waals surface area contributed by atoms with Crippen LogP contribution < -0.4 is 0 Å². The first-order chi connectivity index (χ1) is 8.58. The molecular formula is C14H12I2O2. The van der Waals surface area contributed by atoms with E-state index in [1.54, 1.807) is 0 Å². The Morgan fingerprint density at radius 2 is 1.11 bits per heavy atom. The van der Waals surface area contributed by atoms with Crippen molar-refractivity contribution in [3.05, 3.63) is 66.8 Å². The molecule has 2 nitrogen and oxygen atoms in total. The van der Waals surface area contributed by atoms with E-state index in [0.717, 1.165) is 18.3 Å². The van der Waals surface area contributed by atoms with Crippen LogP contribution in [0.15, 0.2) is 48.5 Å². The third kappa shape index (κ3) is 3.43. The van der Waals surface area contributed by atoms with Crippen LogP contribution in [0.2, 0.25) is 0 Å². The minimum Gasteiger partial charge on any atom is -0.385 e. The number of hydrogen-bond acceptors (Lipinski definition) is 2. The minimum atomic E-state index is -0.905. The van der Waals surface area contributed by atoms with E-state index in [0.29, 0.717) is 0 Å². The average molecular weight is 466 g/mol. The Morgan fingerprint density at radius 3 is 1.44 bits per heavy atom. The van der Waals surface area contributed by atoms with Crippen LogP contribution in [0.25, 0.3) is 0 Å². The minimum absolute atomic E-state index is 0.730. The number of halogens is 2. The highest BCUT2D eigenvalue weighted by Gasteiger charge is 2.20. The van der Waals surface area contributed by atoms with E-state index in [1.807, 2.05) is 48.5 Å². The van der Waals surface area contributed by atoms with Crippen LogP contribution in [0.1, 0.15) is 23.3 Å². The van der Waals surface area contributed by atoms with Gasteiger partial charge < -0.3 is 10.2 Å². The summed E-state index contributed by atoms with van der Waals surface area (Å²) in [6.45, 7) is 0. The van der Waals surface area contributed by atoms with E-state index in [4.69, 9.17) is 0 Å². The Balaban J connectivity index is 2.26. The van der Waals surface area contributed by atoms with Crippen LogP contribution in [0, 0.1) is 7.14 Å². The smallest absolute Gasteiger partial charge is 0.109 e. The van der Waals surface area contributed by atoms with Crippen LogP contribution >= 0.6 is 45.2 Å². The van der Waals surface area contributed by atoms with E-state index in [1.165, 1.54) is 0 Å². The molecule has 4 heteroatoms. The number of benzene rings is 2. The van der Waals surface area contributed by atoms with E-state index in [2.05, 4.69) is 45.2 Å². The molecule has 0 saturated heterocycles. The van der Waals surface area contributed by atoms with Crippen LogP contribution in [0.4, 0.5) is 0 Å². The van der Waals surface area contributed by atoms with Gasteiger partial charge in [-0.15, -0.1) is 0 Å². The lowest BCUT2D eigenvalue weighted by atomic mass is 9.98. The molecule has 0 fully saturated rings. The second-order valence-corrected chi connectivity index (χ2v) is 6.49. The highest BCUT2D eigenvalue weighted by Crippen LogP contribution is 2.29. The first kappa shape index (κ1) is 14.2. The van der Waals surface area contributed by atoms with Crippen LogP contribution in [0.3, 0.4) is 0 Å². The molecule has 0 saturated carbocycles. The van der Waals surface area contributed by atoms with Crippen LogP contribution in [0.5, 0.6) is 0 Å². The SMILES string of the molecule is OC(c1cccc(I)c1)C(O)c1cccc(I)c1. The predicted octanol–water partition coefficient (Wildman–Crippen LogP) is 3.66. The highest BCUT2D eigenvalue weighted by atomic mass is 127. The van der Waals surface area contributed by atoms with E-state index in [9.17, 15) is 10.2 Å². The van der Waals surface area contributed by atoms with Crippen molar-refractivity contribution in [3.8, 4) is 0 Å². The van der Waals surface area contributed by atoms with Crippen LogP contribution in [-0.2, 0) is 0 Å². The first-order valence-corrected chi connectivity index (χ1v) is 7.61. The topological polar surface area (TPSA) is 40.5 Å². The molecule has 2 atom stereocenters. The van der Waals surface area contributed by atoms with Gasteiger partial charge in [0.2, 0.25) is 0 Å². The number of aliphatic hydroxyl groups is 2. The molecule has 2 aromatic rings. The maximum Gasteiger partial charge on any atom is 0.109 e. The standard InChI is InChI=1S/C14H12I2O2/c15-11-5-1-3-9(7-11)13(17)14(18)10-4-2-6-12(16)8-10/h1-8,13-14,17-18H. The van der Waals surface area contributed by atoms with Crippen molar-refractivity contribution in [3.63, 3.8) is 0 Å². The maximum absolute atomic E-state index is 10.2. The molecule has 18 heavy (non-hydrogen) atoms. The molecule has 2 rings (SSSR count). The number of hydrogen-bond donors (Lipinski definition) is 2. The molecule has 2 unspecified atom stereocenters. The fourth-order valence-electron chi connectivity index (χ4n) is 1.75. The van der Waals surface area contributed by atoms with Crippen molar-refractivity contribution >= 4 is 45.2 Å². The molecule has 94 valence electrons. The van der Waals surface area contributed by atoms with Crippen molar-refractivity contribution in [2.45, 2.75) is 12.2 Å². The Hall–Kier alpha value is -0.180. The number of aliphatic hydroxyl groups excluding tert-OH is 2. The zero-order chi connectivity index (χ0) is 13.1. The van der Waals surface area contributed by atoms with Gasteiger partial charge in [0.05, 0.1) is 0 Å². The van der Waals surface area contributed by atoms with Gasteiger partial charge in [0.1, 0.15) is 12.2 Å². The molecular weight excluding hydrogens is 454 g/mol. The summed E-state index contributed by atoms with van der Waals surface area (Å²) < 4.78 is 2.08. The van der Waals surface area contributed by atoms with E-state index in [-0.39, 0.29) is 0 Å². The van der Waals surface area contributed by atoms with Crippen molar-refractivity contribution in [2.75, 3.05) is 0 Å². The lowest BCUT2D eigenvalue weighted by molar-refractivity contribution is 0.0172. The van der Waals surface area contributed by atoms with Gasteiger partial charge in [0, 0.05) is 7.14 Å². The van der Waals surface area contributed by atoms with Gasteiger partial charge in [0.15, 0.2) is 0 Å². The monoisotopic (exact) mass is 466 g/mol.